The minimum atomic E-state index is -0.200. The first-order valence-electron chi connectivity index (χ1n) is 10.4. The standard InChI is InChI=1S/C27H28FN3/c1-19-17-24(14-15-25(19)28)26(16-13-21-9-11-22(18-29)12-10-21)31-27(20(2)30-3)23-7-5-4-6-8-23/h4-12,14-15,17,26-27,30-31H,2,13,16H2,1,3H3/t26-,27-/m0/s1. The van der Waals surface area contributed by atoms with Gasteiger partial charge < -0.3 is 5.32 Å². The Morgan fingerprint density at radius 2 is 1.74 bits per heavy atom. The molecule has 0 unspecified atom stereocenters. The fourth-order valence-corrected chi connectivity index (χ4v) is 3.68. The van der Waals surface area contributed by atoms with Crippen LogP contribution in [0.2, 0.25) is 0 Å². The third kappa shape index (κ3) is 5.81. The predicted molar refractivity (Wildman–Crippen MR) is 124 cm³/mol. The normalized spacial score (nSPS) is 12.6. The zero-order valence-corrected chi connectivity index (χ0v) is 18.0. The van der Waals surface area contributed by atoms with Crippen molar-refractivity contribution in [2.45, 2.75) is 31.8 Å². The van der Waals surface area contributed by atoms with Crippen LogP contribution in [0.4, 0.5) is 4.39 Å². The van der Waals surface area contributed by atoms with Crippen LogP contribution >= 0.6 is 0 Å². The summed E-state index contributed by atoms with van der Waals surface area (Å²) in [5.41, 5.74) is 5.47. The van der Waals surface area contributed by atoms with Crippen molar-refractivity contribution in [3.63, 3.8) is 0 Å². The van der Waals surface area contributed by atoms with Crippen molar-refractivity contribution in [3.8, 4) is 6.07 Å². The van der Waals surface area contributed by atoms with Crippen LogP contribution in [0.25, 0.3) is 0 Å². The molecule has 2 atom stereocenters. The van der Waals surface area contributed by atoms with Crippen molar-refractivity contribution in [1.29, 1.82) is 5.26 Å². The first-order valence-corrected chi connectivity index (χ1v) is 10.4. The Bertz CT molecular complexity index is 1050. The zero-order valence-electron chi connectivity index (χ0n) is 18.0. The third-order valence-electron chi connectivity index (χ3n) is 5.56. The van der Waals surface area contributed by atoms with Crippen molar-refractivity contribution in [2.24, 2.45) is 0 Å². The number of nitrogens with one attached hydrogen (secondary N) is 2. The lowest BCUT2D eigenvalue weighted by Crippen LogP contribution is -2.31. The first-order chi connectivity index (χ1) is 15.0. The van der Waals surface area contributed by atoms with E-state index in [1.807, 2.05) is 61.6 Å². The molecule has 0 fully saturated rings. The molecule has 3 aromatic rings. The van der Waals surface area contributed by atoms with E-state index >= 15 is 0 Å². The lowest BCUT2D eigenvalue weighted by Gasteiger charge is -2.28. The maximum atomic E-state index is 13.9. The number of halogens is 1. The maximum absolute atomic E-state index is 13.9. The van der Waals surface area contributed by atoms with Gasteiger partial charge >= 0.3 is 0 Å². The van der Waals surface area contributed by atoms with Crippen LogP contribution in [-0.2, 0) is 6.42 Å². The molecule has 0 aliphatic carbocycles. The van der Waals surface area contributed by atoms with Crippen LogP contribution < -0.4 is 10.6 Å². The quantitative estimate of drug-likeness (QED) is 0.470. The van der Waals surface area contributed by atoms with E-state index in [-0.39, 0.29) is 17.9 Å². The van der Waals surface area contributed by atoms with E-state index in [4.69, 9.17) is 5.26 Å². The van der Waals surface area contributed by atoms with Gasteiger partial charge in [-0.15, -0.1) is 0 Å². The van der Waals surface area contributed by atoms with Gasteiger partial charge in [0.2, 0.25) is 0 Å². The van der Waals surface area contributed by atoms with Gasteiger partial charge in [0.05, 0.1) is 17.7 Å². The fraction of sp³-hybridized carbons (Fsp3) is 0.222. The van der Waals surface area contributed by atoms with Crippen LogP contribution in [-0.4, -0.2) is 7.05 Å². The lowest BCUT2D eigenvalue weighted by molar-refractivity contribution is 0.445. The monoisotopic (exact) mass is 413 g/mol. The highest BCUT2D eigenvalue weighted by atomic mass is 19.1. The molecule has 0 bridgehead atoms. The summed E-state index contributed by atoms with van der Waals surface area (Å²) < 4.78 is 13.9. The van der Waals surface area contributed by atoms with Crippen LogP contribution in [0, 0.1) is 24.1 Å². The van der Waals surface area contributed by atoms with Crippen LogP contribution in [0.1, 0.15) is 46.3 Å². The Kier molecular flexibility index (Phi) is 7.59. The van der Waals surface area contributed by atoms with Crippen molar-refractivity contribution >= 4 is 0 Å². The van der Waals surface area contributed by atoms with Crippen LogP contribution in [0.5, 0.6) is 0 Å². The number of benzene rings is 3. The molecule has 0 radical (unpaired) electrons. The molecule has 4 heteroatoms. The minimum Gasteiger partial charge on any atom is -0.390 e. The SMILES string of the molecule is C=C(NC)[C@H](N[C@@H](CCc1ccc(C#N)cc1)c1ccc(F)c(C)c1)c1ccccc1. The van der Waals surface area contributed by atoms with Gasteiger partial charge in [0, 0.05) is 18.8 Å². The second-order valence-corrected chi connectivity index (χ2v) is 7.69. The zero-order chi connectivity index (χ0) is 22.2. The largest absolute Gasteiger partial charge is 0.390 e. The lowest BCUT2D eigenvalue weighted by atomic mass is 9.94. The number of aryl methyl sites for hydroxylation is 2. The molecule has 0 saturated carbocycles. The Morgan fingerprint density at radius 1 is 1.03 bits per heavy atom. The van der Waals surface area contributed by atoms with E-state index in [1.54, 1.807) is 6.92 Å². The molecule has 0 aliphatic rings. The van der Waals surface area contributed by atoms with Crippen LogP contribution in [0.3, 0.4) is 0 Å². The van der Waals surface area contributed by atoms with Gasteiger partial charge in [-0.05, 0) is 60.2 Å². The summed E-state index contributed by atoms with van der Waals surface area (Å²) in [4.78, 5) is 0. The summed E-state index contributed by atoms with van der Waals surface area (Å²) in [5, 5.41) is 15.9. The molecule has 0 spiro atoms. The van der Waals surface area contributed by atoms with Gasteiger partial charge in [-0.2, -0.15) is 5.26 Å². The van der Waals surface area contributed by atoms with Gasteiger partial charge in [0.1, 0.15) is 5.82 Å². The summed E-state index contributed by atoms with van der Waals surface area (Å²) >= 11 is 0. The first kappa shape index (κ1) is 22.3. The molecule has 2 N–H and O–H groups in total. The summed E-state index contributed by atoms with van der Waals surface area (Å²) in [5.74, 6) is -0.200. The molecule has 0 heterocycles. The fourth-order valence-electron chi connectivity index (χ4n) is 3.68. The second kappa shape index (κ2) is 10.6. The Hall–Kier alpha value is -3.42. The summed E-state index contributed by atoms with van der Waals surface area (Å²) in [7, 11) is 1.87. The van der Waals surface area contributed by atoms with Gasteiger partial charge in [0.25, 0.3) is 0 Å². The average molecular weight is 414 g/mol. The highest BCUT2D eigenvalue weighted by Crippen LogP contribution is 2.28. The molecule has 158 valence electrons. The molecular formula is C27H28FN3. The van der Waals surface area contributed by atoms with Crippen molar-refractivity contribution in [2.75, 3.05) is 7.05 Å². The minimum absolute atomic E-state index is 0.00903. The predicted octanol–water partition coefficient (Wildman–Crippen LogP) is 5.74. The summed E-state index contributed by atoms with van der Waals surface area (Å²) in [6.07, 6.45) is 1.64. The van der Waals surface area contributed by atoms with Crippen molar-refractivity contribution in [1.82, 2.24) is 10.6 Å². The number of likely N-dealkylation sites (N-methyl/N-ethyl adjacent to an activating group) is 1. The molecule has 0 amide bonds. The molecule has 3 aromatic carbocycles. The van der Waals surface area contributed by atoms with Gasteiger partial charge in [-0.1, -0.05) is 61.2 Å². The highest BCUT2D eigenvalue weighted by molar-refractivity contribution is 5.33. The summed E-state index contributed by atoms with van der Waals surface area (Å²) in [6, 6.07) is 25.2. The van der Waals surface area contributed by atoms with E-state index in [2.05, 4.69) is 35.4 Å². The molecule has 3 nitrogen and oxygen atoms in total. The Labute approximate surface area is 184 Å². The van der Waals surface area contributed by atoms with E-state index in [0.29, 0.717) is 11.1 Å². The van der Waals surface area contributed by atoms with E-state index in [0.717, 1.165) is 35.2 Å². The van der Waals surface area contributed by atoms with E-state index in [1.165, 1.54) is 6.07 Å². The van der Waals surface area contributed by atoms with Crippen molar-refractivity contribution in [3.05, 3.63) is 119 Å². The molecule has 0 aromatic heterocycles. The van der Waals surface area contributed by atoms with Crippen molar-refractivity contribution < 1.29 is 4.39 Å². The molecule has 3 rings (SSSR count). The molecule has 31 heavy (non-hydrogen) atoms. The molecule has 0 aliphatic heterocycles. The molecular weight excluding hydrogens is 385 g/mol. The van der Waals surface area contributed by atoms with E-state index < -0.39 is 0 Å². The topological polar surface area (TPSA) is 47.8 Å². The summed E-state index contributed by atoms with van der Waals surface area (Å²) in [6.45, 7) is 5.99. The number of nitrogens with zero attached hydrogens (tertiary/aromatic N) is 1. The number of rotatable bonds is 9. The van der Waals surface area contributed by atoms with Gasteiger partial charge in [-0.25, -0.2) is 4.39 Å². The Balaban J connectivity index is 1.88. The van der Waals surface area contributed by atoms with E-state index in [9.17, 15) is 4.39 Å². The number of hydrogen-bond acceptors (Lipinski definition) is 3. The average Bonchev–Trinajstić information content (AvgIpc) is 2.81. The Morgan fingerprint density at radius 3 is 2.35 bits per heavy atom. The van der Waals surface area contributed by atoms with Gasteiger partial charge in [-0.3, -0.25) is 5.32 Å². The van der Waals surface area contributed by atoms with Crippen LogP contribution in [0.15, 0.2) is 85.1 Å². The maximum Gasteiger partial charge on any atom is 0.126 e. The highest BCUT2D eigenvalue weighted by Gasteiger charge is 2.21. The second-order valence-electron chi connectivity index (χ2n) is 7.69. The number of nitriles is 1. The van der Waals surface area contributed by atoms with Gasteiger partial charge in [0.15, 0.2) is 0 Å². The molecule has 0 saturated heterocycles. The smallest absolute Gasteiger partial charge is 0.126 e. The third-order valence-corrected chi connectivity index (χ3v) is 5.56. The number of hydrogen-bond donors (Lipinski definition) is 2.